The van der Waals surface area contributed by atoms with E-state index in [4.69, 9.17) is 5.73 Å². The molecule has 0 spiro atoms. The van der Waals surface area contributed by atoms with Gasteiger partial charge in [0.25, 0.3) is 0 Å². The fourth-order valence-corrected chi connectivity index (χ4v) is 2.56. The van der Waals surface area contributed by atoms with Gasteiger partial charge in [-0.2, -0.15) is 0 Å². The van der Waals surface area contributed by atoms with Crippen molar-refractivity contribution in [2.75, 3.05) is 25.0 Å². The summed E-state index contributed by atoms with van der Waals surface area (Å²) in [6, 6.07) is 7.67. The van der Waals surface area contributed by atoms with Crippen LogP contribution < -0.4 is 16.4 Å². The van der Waals surface area contributed by atoms with E-state index in [1.807, 2.05) is 29.2 Å². The average molecular weight is 290 g/mol. The van der Waals surface area contributed by atoms with Crippen LogP contribution in [0.3, 0.4) is 0 Å². The summed E-state index contributed by atoms with van der Waals surface area (Å²) in [6.07, 6.45) is 0.884. The molecule has 0 saturated carbocycles. The summed E-state index contributed by atoms with van der Waals surface area (Å²) in [5.41, 5.74) is 7.33. The van der Waals surface area contributed by atoms with Crippen molar-refractivity contribution in [3.05, 3.63) is 29.8 Å². The monoisotopic (exact) mass is 290 g/mol. The quantitative estimate of drug-likeness (QED) is 0.727. The summed E-state index contributed by atoms with van der Waals surface area (Å²) < 4.78 is 0. The topological polar surface area (TPSA) is 87.5 Å². The van der Waals surface area contributed by atoms with Crippen LogP contribution in [0, 0.1) is 0 Å². The van der Waals surface area contributed by atoms with Gasteiger partial charge in [-0.25, -0.2) is 0 Å². The molecule has 21 heavy (non-hydrogen) atoms. The standard InChI is InChI=1S/C15H22N4O2/c1-11(20)17-14-5-6-19(9-14)10-15(21)18-13-4-2-3-12(7-13)8-16/h2-4,7,14H,5-6,8-10,16H2,1H3,(H,17,20)(H,18,21). The number of rotatable bonds is 5. The smallest absolute Gasteiger partial charge is 0.238 e. The van der Waals surface area contributed by atoms with Gasteiger partial charge >= 0.3 is 0 Å². The predicted molar refractivity (Wildman–Crippen MR) is 81.6 cm³/mol. The Hall–Kier alpha value is -1.92. The Balaban J connectivity index is 1.81. The van der Waals surface area contributed by atoms with Crippen LogP contribution in [0.4, 0.5) is 5.69 Å². The molecule has 1 aliphatic heterocycles. The molecule has 1 atom stereocenters. The van der Waals surface area contributed by atoms with Crippen LogP contribution in [0.1, 0.15) is 18.9 Å². The Morgan fingerprint density at radius 1 is 1.43 bits per heavy atom. The van der Waals surface area contributed by atoms with Crippen LogP contribution in [0.25, 0.3) is 0 Å². The number of nitrogens with zero attached hydrogens (tertiary/aromatic N) is 1. The molecule has 1 saturated heterocycles. The number of nitrogens with two attached hydrogens (primary N) is 1. The van der Waals surface area contributed by atoms with E-state index in [1.165, 1.54) is 6.92 Å². The zero-order valence-corrected chi connectivity index (χ0v) is 12.3. The third kappa shape index (κ3) is 4.84. The second kappa shape index (κ2) is 7.19. The molecular weight excluding hydrogens is 268 g/mol. The van der Waals surface area contributed by atoms with E-state index in [-0.39, 0.29) is 17.9 Å². The molecule has 2 amide bonds. The summed E-state index contributed by atoms with van der Waals surface area (Å²) >= 11 is 0. The fraction of sp³-hybridized carbons (Fsp3) is 0.467. The Bertz CT molecular complexity index is 518. The molecule has 0 bridgehead atoms. The van der Waals surface area contributed by atoms with Crippen molar-refractivity contribution in [2.45, 2.75) is 25.9 Å². The highest BCUT2D eigenvalue weighted by molar-refractivity contribution is 5.92. The molecule has 1 aromatic rings. The van der Waals surface area contributed by atoms with Gasteiger partial charge in [-0.15, -0.1) is 0 Å². The third-order valence-corrected chi connectivity index (χ3v) is 3.49. The number of hydrogen-bond acceptors (Lipinski definition) is 4. The largest absolute Gasteiger partial charge is 0.352 e. The van der Waals surface area contributed by atoms with Gasteiger partial charge in [0.1, 0.15) is 0 Å². The van der Waals surface area contributed by atoms with Crippen LogP contribution in [0.15, 0.2) is 24.3 Å². The number of carbonyl (C=O) groups excluding carboxylic acids is 2. The number of hydrogen-bond donors (Lipinski definition) is 3. The summed E-state index contributed by atoms with van der Waals surface area (Å²) in [7, 11) is 0. The first-order valence-corrected chi connectivity index (χ1v) is 7.15. The second-order valence-corrected chi connectivity index (χ2v) is 5.37. The lowest BCUT2D eigenvalue weighted by atomic mass is 10.2. The minimum atomic E-state index is -0.0485. The predicted octanol–water partition coefficient (Wildman–Crippen LogP) is 0.294. The number of likely N-dealkylation sites (tertiary alicyclic amines) is 1. The molecule has 4 N–H and O–H groups in total. The summed E-state index contributed by atoms with van der Waals surface area (Å²) in [4.78, 5) is 25.1. The van der Waals surface area contributed by atoms with Gasteiger partial charge in [-0.1, -0.05) is 12.1 Å². The van der Waals surface area contributed by atoms with Gasteiger partial charge in [0, 0.05) is 38.3 Å². The molecule has 0 aliphatic carbocycles. The zero-order valence-electron chi connectivity index (χ0n) is 12.3. The number of anilines is 1. The van der Waals surface area contributed by atoms with Crippen molar-refractivity contribution < 1.29 is 9.59 Å². The lowest BCUT2D eigenvalue weighted by molar-refractivity contribution is -0.119. The molecule has 1 fully saturated rings. The third-order valence-electron chi connectivity index (χ3n) is 3.49. The van der Waals surface area contributed by atoms with E-state index in [9.17, 15) is 9.59 Å². The number of carbonyl (C=O) groups is 2. The molecule has 6 nitrogen and oxygen atoms in total. The number of nitrogens with one attached hydrogen (secondary N) is 2. The molecule has 1 aliphatic rings. The Labute approximate surface area is 124 Å². The van der Waals surface area contributed by atoms with Crippen molar-refractivity contribution in [1.29, 1.82) is 0 Å². The fourth-order valence-electron chi connectivity index (χ4n) is 2.56. The van der Waals surface area contributed by atoms with Crippen LogP contribution in [0.5, 0.6) is 0 Å². The molecule has 6 heteroatoms. The van der Waals surface area contributed by atoms with Crippen molar-refractivity contribution in [3.8, 4) is 0 Å². The number of benzene rings is 1. The molecule has 114 valence electrons. The second-order valence-electron chi connectivity index (χ2n) is 5.37. The lowest BCUT2D eigenvalue weighted by Crippen LogP contribution is -2.37. The molecule has 0 radical (unpaired) electrons. The molecule has 1 unspecified atom stereocenters. The van der Waals surface area contributed by atoms with Gasteiger partial charge < -0.3 is 16.4 Å². The van der Waals surface area contributed by atoms with Gasteiger partial charge in [0.05, 0.1) is 6.54 Å². The van der Waals surface area contributed by atoms with Crippen molar-refractivity contribution in [2.24, 2.45) is 5.73 Å². The van der Waals surface area contributed by atoms with Crippen molar-refractivity contribution in [1.82, 2.24) is 10.2 Å². The van der Waals surface area contributed by atoms with Crippen molar-refractivity contribution in [3.63, 3.8) is 0 Å². The van der Waals surface area contributed by atoms with Crippen molar-refractivity contribution >= 4 is 17.5 Å². The van der Waals surface area contributed by atoms with E-state index in [0.717, 1.165) is 30.8 Å². The van der Waals surface area contributed by atoms with E-state index < -0.39 is 0 Å². The van der Waals surface area contributed by atoms with Crippen LogP contribution in [-0.2, 0) is 16.1 Å². The van der Waals surface area contributed by atoms with Gasteiger partial charge in [0.2, 0.25) is 11.8 Å². The first-order valence-electron chi connectivity index (χ1n) is 7.15. The summed E-state index contributed by atoms with van der Waals surface area (Å²) in [5, 5.41) is 5.76. The highest BCUT2D eigenvalue weighted by atomic mass is 16.2. The zero-order chi connectivity index (χ0) is 15.2. The van der Waals surface area contributed by atoms with Crippen LogP contribution in [-0.4, -0.2) is 42.4 Å². The SMILES string of the molecule is CC(=O)NC1CCN(CC(=O)Nc2cccc(CN)c2)C1. The molecule has 0 aromatic heterocycles. The van der Waals surface area contributed by atoms with E-state index in [0.29, 0.717) is 13.1 Å². The lowest BCUT2D eigenvalue weighted by Gasteiger charge is -2.16. The Kier molecular flexibility index (Phi) is 5.30. The first-order chi connectivity index (χ1) is 10.1. The maximum atomic E-state index is 12.0. The van der Waals surface area contributed by atoms with Crippen LogP contribution >= 0.6 is 0 Å². The Morgan fingerprint density at radius 3 is 2.95 bits per heavy atom. The highest BCUT2D eigenvalue weighted by Gasteiger charge is 2.24. The summed E-state index contributed by atoms with van der Waals surface area (Å²) in [5.74, 6) is -0.0717. The highest BCUT2D eigenvalue weighted by Crippen LogP contribution is 2.12. The Morgan fingerprint density at radius 2 is 2.24 bits per heavy atom. The van der Waals surface area contributed by atoms with Crippen LogP contribution in [0.2, 0.25) is 0 Å². The molecule has 1 aromatic carbocycles. The van der Waals surface area contributed by atoms with Gasteiger partial charge in [0.15, 0.2) is 0 Å². The maximum absolute atomic E-state index is 12.0. The molecular formula is C15H22N4O2. The molecule has 1 heterocycles. The van der Waals surface area contributed by atoms with E-state index in [2.05, 4.69) is 10.6 Å². The first kappa shape index (κ1) is 15.5. The van der Waals surface area contributed by atoms with E-state index in [1.54, 1.807) is 0 Å². The minimum absolute atomic E-state index is 0.0232. The minimum Gasteiger partial charge on any atom is -0.352 e. The number of amides is 2. The van der Waals surface area contributed by atoms with E-state index >= 15 is 0 Å². The maximum Gasteiger partial charge on any atom is 0.238 e. The normalized spacial score (nSPS) is 18.5. The summed E-state index contributed by atoms with van der Waals surface area (Å²) in [6.45, 7) is 3.84. The van der Waals surface area contributed by atoms with Gasteiger partial charge in [-0.3, -0.25) is 14.5 Å². The van der Waals surface area contributed by atoms with Gasteiger partial charge in [-0.05, 0) is 24.1 Å². The average Bonchev–Trinajstić information content (AvgIpc) is 2.85. The molecule has 2 rings (SSSR count).